The number of nitrogens with zero attached hydrogens (tertiary/aromatic N) is 2. The first-order chi connectivity index (χ1) is 12.3. The van der Waals surface area contributed by atoms with Gasteiger partial charge in [0.05, 0.1) is 23.3 Å². The van der Waals surface area contributed by atoms with E-state index in [4.69, 9.17) is 10.00 Å². The van der Waals surface area contributed by atoms with Crippen LogP contribution >= 0.6 is 0 Å². The van der Waals surface area contributed by atoms with Crippen LogP contribution in [0.1, 0.15) is 40.5 Å². The van der Waals surface area contributed by atoms with E-state index in [0.29, 0.717) is 17.7 Å². The molecule has 1 N–H and O–H groups in total. The van der Waals surface area contributed by atoms with Crippen LogP contribution in [0.4, 0.5) is 5.69 Å². The zero-order chi connectivity index (χ0) is 17.2. The first-order valence-electron chi connectivity index (χ1n) is 8.54. The number of hydrogen-bond acceptors (Lipinski definition) is 4. The Morgan fingerprint density at radius 3 is 2.72 bits per heavy atom. The van der Waals surface area contributed by atoms with Crippen molar-refractivity contribution in [2.24, 2.45) is 0 Å². The smallest absolute Gasteiger partial charge is 0.257 e. The summed E-state index contributed by atoms with van der Waals surface area (Å²) in [5.74, 6) is 0.0132. The molecule has 0 aliphatic carbocycles. The molecule has 0 spiro atoms. The van der Waals surface area contributed by atoms with Gasteiger partial charge in [-0.2, -0.15) is 5.26 Å². The van der Waals surface area contributed by atoms with Crippen LogP contribution in [0.15, 0.2) is 48.5 Å². The highest BCUT2D eigenvalue weighted by atomic mass is 16.5. The standard InChI is InChI=1S/C20H19N3O2/c21-12-14-7-9-15(10-8-14)19-22-18-6-2-1-5-17(18)20(24)23(19)13-16-4-3-11-25-16/h1-2,5-10,16,19,22H,3-4,11,13H2/t16-,19+/m1/s1. The Kier molecular flexibility index (Phi) is 4.12. The summed E-state index contributed by atoms with van der Waals surface area (Å²) in [4.78, 5) is 14.9. The Balaban J connectivity index is 1.70. The van der Waals surface area contributed by atoms with E-state index >= 15 is 0 Å². The first kappa shape index (κ1) is 15.7. The molecule has 126 valence electrons. The fraction of sp³-hybridized carbons (Fsp3) is 0.300. The van der Waals surface area contributed by atoms with Crippen molar-refractivity contribution in [3.05, 3.63) is 65.2 Å². The van der Waals surface area contributed by atoms with E-state index in [1.807, 2.05) is 41.3 Å². The van der Waals surface area contributed by atoms with E-state index in [0.717, 1.165) is 30.7 Å². The minimum Gasteiger partial charge on any atom is -0.376 e. The van der Waals surface area contributed by atoms with Gasteiger partial charge in [0, 0.05) is 18.8 Å². The van der Waals surface area contributed by atoms with Gasteiger partial charge in [0.15, 0.2) is 0 Å². The van der Waals surface area contributed by atoms with E-state index in [1.165, 1.54) is 0 Å². The maximum atomic E-state index is 13.1. The average Bonchev–Trinajstić information content (AvgIpc) is 3.17. The molecule has 2 heterocycles. The monoisotopic (exact) mass is 333 g/mol. The summed E-state index contributed by atoms with van der Waals surface area (Å²) in [6.45, 7) is 1.32. The number of carbonyl (C=O) groups excluding carboxylic acids is 1. The molecule has 0 aromatic heterocycles. The highest BCUT2D eigenvalue weighted by molar-refractivity contribution is 6.01. The zero-order valence-electron chi connectivity index (χ0n) is 13.8. The second kappa shape index (κ2) is 6.58. The maximum Gasteiger partial charge on any atom is 0.257 e. The third kappa shape index (κ3) is 2.97. The molecule has 25 heavy (non-hydrogen) atoms. The lowest BCUT2D eigenvalue weighted by atomic mass is 10.0. The Morgan fingerprint density at radius 1 is 1.20 bits per heavy atom. The Labute approximate surface area is 146 Å². The second-order valence-electron chi connectivity index (χ2n) is 6.42. The maximum absolute atomic E-state index is 13.1. The van der Waals surface area contributed by atoms with Crippen molar-refractivity contribution in [3.63, 3.8) is 0 Å². The quantitative estimate of drug-likeness (QED) is 0.936. The van der Waals surface area contributed by atoms with Crippen LogP contribution in [0, 0.1) is 11.3 Å². The van der Waals surface area contributed by atoms with Crippen LogP contribution in [-0.2, 0) is 4.74 Å². The van der Waals surface area contributed by atoms with Crippen LogP contribution in [0.5, 0.6) is 0 Å². The molecule has 2 aromatic carbocycles. The normalized spacial score (nSPS) is 22.2. The van der Waals surface area contributed by atoms with Crippen LogP contribution in [0.3, 0.4) is 0 Å². The van der Waals surface area contributed by atoms with Crippen molar-refractivity contribution < 1.29 is 9.53 Å². The number of ether oxygens (including phenoxy) is 1. The predicted molar refractivity (Wildman–Crippen MR) is 94.0 cm³/mol. The van der Waals surface area contributed by atoms with E-state index in [9.17, 15) is 4.79 Å². The van der Waals surface area contributed by atoms with E-state index in [-0.39, 0.29) is 18.2 Å². The number of rotatable bonds is 3. The lowest BCUT2D eigenvalue weighted by Gasteiger charge is -2.39. The fourth-order valence-electron chi connectivity index (χ4n) is 3.49. The van der Waals surface area contributed by atoms with Crippen molar-refractivity contribution in [3.8, 4) is 6.07 Å². The molecule has 0 bridgehead atoms. The van der Waals surface area contributed by atoms with Gasteiger partial charge in [-0.3, -0.25) is 4.79 Å². The predicted octanol–water partition coefficient (Wildman–Crippen LogP) is 3.30. The van der Waals surface area contributed by atoms with Gasteiger partial charge in [-0.05, 0) is 42.7 Å². The number of benzene rings is 2. The molecule has 0 unspecified atom stereocenters. The second-order valence-corrected chi connectivity index (χ2v) is 6.42. The van der Waals surface area contributed by atoms with Gasteiger partial charge in [0.2, 0.25) is 0 Å². The Morgan fingerprint density at radius 2 is 2.00 bits per heavy atom. The van der Waals surface area contributed by atoms with Gasteiger partial charge in [-0.25, -0.2) is 0 Å². The molecule has 2 aliphatic heterocycles. The molecular weight excluding hydrogens is 314 g/mol. The van der Waals surface area contributed by atoms with E-state index in [2.05, 4.69) is 11.4 Å². The minimum absolute atomic E-state index is 0.0132. The number of amides is 1. The van der Waals surface area contributed by atoms with Gasteiger partial charge in [-0.15, -0.1) is 0 Å². The third-order valence-electron chi connectivity index (χ3n) is 4.80. The van der Waals surface area contributed by atoms with Crippen molar-refractivity contribution >= 4 is 11.6 Å². The molecule has 1 saturated heterocycles. The number of para-hydroxylation sites is 1. The van der Waals surface area contributed by atoms with Crippen molar-refractivity contribution in [2.75, 3.05) is 18.5 Å². The van der Waals surface area contributed by atoms with Gasteiger partial charge in [0.1, 0.15) is 6.17 Å². The number of nitrogens with one attached hydrogen (secondary N) is 1. The number of nitriles is 1. The van der Waals surface area contributed by atoms with Gasteiger partial charge < -0.3 is 15.0 Å². The highest BCUT2D eigenvalue weighted by Gasteiger charge is 2.35. The summed E-state index contributed by atoms with van der Waals surface area (Å²) < 4.78 is 5.75. The van der Waals surface area contributed by atoms with Crippen LogP contribution in [-0.4, -0.2) is 30.1 Å². The average molecular weight is 333 g/mol. The molecule has 4 rings (SSSR count). The molecule has 2 aliphatic rings. The largest absolute Gasteiger partial charge is 0.376 e. The van der Waals surface area contributed by atoms with Gasteiger partial charge in [-0.1, -0.05) is 24.3 Å². The van der Waals surface area contributed by atoms with Gasteiger partial charge in [0.25, 0.3) is 5.91 Å². The molecule has 0 radical (unpaired) electrons. The lowest BCUT2D eigenvalue weighted by molar-refractivity contribution is 0.0427. The van der Waals surface area contributed by atoms with Crippen LogP contribution < -0.4 is 5.32 Å². The third-order valence-corrected chi connectivity index (χ3v) is 4.80. The van der Waals surface area contributed by atoms with Crippen LogP contribution in [0.2, 0.25) is 0 Å². The number of anilines is 1. The van der Waals surface area contributed by atoms with E-state index in [1.54, 1.807) is 12.1 Å². The summed E-state index contributed by atoms with van der Waals surface area (Å²) in [5.41, 5.74) is 3.09. The van der Waals surface area contributed by atoms with Crippen molar-refractivity contribution in [1.82, 2.24) is 4.90 Å². The molecular formula is C20H19N3O2. The number of hydrogen-bond donors (Lipinski definition) is 1. The lowest BCUT2D eigenvalue weighted by Crippen LogP contribution is -2.46. The summed E-state index contributed by atoms with van der Waals surface area (Å²) in [7, 11) is 0. The Bertz CT molecular complexity index is 820. The molecule has 0 saturated carbocycles. The zero-order valence-corrected chi connectivity index (χ0v) is 13.8. The molecule has 5 nitrogen and oxygen atoms in total. The summed E-state index contributed by atoms with van der Waals surface area (Å²) in [6.07, 6.45) is 1.83. The highest BCUT2D eigenvalue weighted by Crippen LogP contribution is 2.34. The van der Waals surface area contributed by atoms with Gasteiger partial charge >= 0.3 is 0 Å². The fourth-order valence-corrected chi connectivity index (χ4v) is 3.49. The van der Waals surface area contributed by atoms with Crippen LogP contribution in [0.25, 0.3) is 0 Å². The molecule has 5 heteroatoms. The van der Waals surface area contributed by atoms with Crippen molar-refractivity contribution in [1.29, 1.82) is 5.26 Å². The number of fused-ring (bicyclic) bond motifs is 1. The SMILES string of the molecule is N#Cc1ccc([C@H]2Nc3ccccc3C(=O)N2C[C@H]2CCCO2)cc1. The first-order valence-corrected chi connectivity index (χ1v) is 8.54. The van der Waals surface area contributed by atoms with Crippen molar-refractivity contribution in [2.45, 2.75) is 25.1 Å². The summed E-state index contributed by atoms with van der Waals surface area (Å²) >= 11 is 0. The summed E-state index contributed by atoms with van der Waals surface area (Å²) in [6, 6.07) is 17.1. The topological polar surface area (TPSA) is 65.4 Å². The molecule has 1 fully saturated rings. The molecule has 2 aromatic rings. The molecule has 2 atom stereocenters. The number of carbonyl (C=O) groups is 1. The summed E-state index contributed by atoms with van der Waals surface area (Å²) in [5, 5.41) is 12.5. The molecule has 1 amide bonds. The van der Waals surface area contributed by atoms with E-state index < -0.39 is 0 Å². The Hall–Kier alpha value is -2.84. The minimum atomic E-state index is -0.264.